The van der Waals surface area contributed by atoms with Crippen molar-refractivity contribution in [2.24, 2.45) is 5.92 Å². The minimum atomic E-state index is -0.668. The van der Waals surface area contributed by atoms with Crippen molar-refractivity contribution in [1.29, 1.82) is 0 Å². The van der Waals surface area contributed by atoms with E-state index >= 15 is 0 Å². The molecule has 17 heavy (non-hydrogen) atoms. The highest BCUT2D eigenvalue weighted by molar-refractivity contribution is 5.28. The van der Waals surface area contributed by atoms with Crippen molar-refractivity contribution in [2.45, 2.75) is 26.4 Å². The third kappa shape index (κ3) is 2.98. The lowest BCUT2D eigenvalue weighted by Gasteiger charge is -2.10. The van der Waals surface area contributed by atoms with Crippen LogP contribution in [-0.4, -0.2) is 5.11 Å². The molecule has 0 aliphatic rings. The van der Waals surface area contributed by atoms with Crippen molar-refractivity contribution < 1.29 is 9.52 Å². The predicted octanol–water partition coefficient (Wildman–Crippen LogP) is 3.56. The van der Waals surface area contributed by atoms with E-state index in [2.05, 4.69) is 26.0 Å². The summed E-state index contributed by atoms with van der Waals surface area (Å²) in [6.07, 6.45) is 1.97. The van der Waals surface area contributed by atoms with Gasteiger partial charge in [-0.3, -0.25) is 0 Å². The van der Waals surface area contributed by atoms with Gasteiger partial charge in [0.25, 0.3) is 0 Å². The van der Waals surface area contributed by atoms with Gasteiger partial charge >= 0.3 is 0 Å². The molecule has 0 aliphatic heterocycles. The number of aliphatic hydroxyl groups excluding tert-OH is 1. The van der Waals surface area contributed by atoms with E-state index in [9.17, 15) is 5.11 Å². The summed E-state index contributed by atoms with van der Waals surface area (Å²) in [5.74, 6) is 1.23. The number of aliphatic hydroxyl groups is 1. The van der Waals surface area contributed by atoms with E-state index in [-0.39, 0.29) is 0 Å². The first-order chi connectivity index (χ1) is 8.16. The van der Waals surface area contributed by atoms with E-state index in [0.717, 1.165) is 12.0 Å². The van der Waals surface area contributed by atoms with E-state index in [4.69, 9.17) is 4.42 Å². The summed E-state index contributed by atoms with van der Waals surface area (Å²) in [5, 5.41) is 10.1. The zero-order chi connectivity index (χ0) is 12.3. The number of furan rings is 1. The Morgan fingerprint density at radius 1 is 1.12 bits per heavy atom. The van der Waals surface area contributed by atoms with Gasteiger partial charge in [-0.25, -0.2) is 0 Å². The standard InChI is InChI=1S/C15H18O2/c1-11(2)10-12-5-7-13(8-6-12)15(16)14-4-3-9-17-14/h3-9,11,15-16H,10H2,1-2H3. The molecule has 90 valence electrons. The molecule has 0 aliphatic carbocycles. The first-order valence-electron chi connectivity index (χ1n) is 5.97. The fourth-order valence-electron chi connectivity index (χ4n) is 1.92. The molecule has 1 aromatic carbocycles. The Bertz CT molecular complexity index is 440. The van der Waals surface area contributed by atoms with Gasteiger partial charge in [-0.2, -0.15) is 0 Å². The van der Waals surface area contributed by atoms with Crippen molar-refractivity contribution >= 4 is 0 Å². The number of hydrogen-bond acceptors (Lipinski definition) is 2. The van der Waals surface area contributed by atoms with Gasteiger partial charge in [0.1, 0.15) is 11.9 Å². The van der Waals surface area contributed by atoms with Gasteiger partial charge in [-0.15, -0.1) is 0 Å². The van der Waals surface area contributed by atoms with Crippen molar-refractivity contribution in [2.75, 3.05) is 0 Å². The first-order valence-corrected chi connectivity index (χ1v) is 5.97. The maximum absolute atomic E-state index is 10.1. The van der Waals surface area contributed by atoms with Gasteiger partial charge < -0.3 is 9.52 Å². The molecule has 2 rings (SSSR count). The van der Waals surface area contributed by atoms with Crippen LogP contribution in [0.25, 0.3) is 0 Å². The van der Waals surface area contributed by atoms with Crippen molar-refractivity contribution in [3.05, 3.63) is 59.5 Å². The monoisotopic (exact) mass is 230 g/mol. The van der Waals surface area contributed by atoms with Crippen LogP contribution in [0.15, 0.2) is 47.1 Å². The van der Waals surface area contributed by atoms with Gasteiger partial charge in [-0.1, -0.05) is 38.1 Å². The second-order valence-electron chi connectivity index (χ2n) is 4.76. The molecule has 1 unspecified atom stereocenters. The van der Waals surface area contributed by atoms with Crippen LogP contribution in [0.2, 0.25) is 0 Å². The van der Waals surface area contributed by atoms with Crippen molar-refractivity contribution in [1.82, 2.24) is 0 Å². The van der Waals surface area contributed by atoms with E-state index in [0.29, 0.717) is 11.7 Å². The molecule has 0 radical (unpaired) electrons. The molecule has 0 fully saturated rings. The summed E-state index contributed by atoms with van der Waals surface area (Å²) in [6, 6.07) is 11.6. The third-order valence-electron chi connectivity index (χ3n) is 2.75. The van der Waals surface area contributed by atoms with Gasteiger partial charge in [0, 0.05) is 0 Å². The van der Waals surface area contributed by atoms with Crippen LogP contribution in [0.1, 0.15) is 36.8 Å². The molecule has 1 atom stereocenters. The van der Waals surface area contributed by atoms with Gasteiger partial charge in [-0.05, 0) is 35.6 Å². The van der Waals surface area contributed by atoms with E-state index in [1.165, 1.54) is 5.56 Å². The molecule has 1 aromatic heterocycles. The van der Waals surface area contributed by atoms with E-state index in [1.54, 1.807) is 18.4 Å². The summed E-state index contributed by atoms with van der Waals surface area (Å²) in [5.41, 5.74) is 2.17. The quantitative estimate of drug-likeness (QED) is 0.871. The maximum atomic E-state index is 10.1. The lowest BCUT2D eigenvalue weighted by Crippen LogP contribution is -1.99. The highest BCUT2D eigenvalue weighted by Gasteiger charge is 2.12. The van der Waals surface area contributed by atoms with E-state index in [1.807, 2.05) is 12.1 Å². The molecular formula is C15H18O2. The Labute approximate surface area is 102 Å². The molecule has 0 amide bonds. The SMILES string of the molecule is CC(C)Cc1ccc(C(O)c2ccco2)cc1. The van der Waals surface area contributed by atoms with Crippen LogP contribution < -0.4 is 0 Å². The Hall–Kier alpha value is -1.54. The molecule has 2 aromatic rings. The molecule has 0 bridgehead atoms. The summed E-state index contributed by atoms with van der Waals surface area (Å²) < 4.78 is 5.19. The topological polar surface area (TPSA) is 33.4 Å². The fourth-order valence-corrected chi connectivity index (χ4v) is 1.92. The fraction of sp³-hybridized carbons (Fsp3) is 0.333. The Balaban J connectivity index is 2.12. The highest BCUT2D eigenvalue weighted by Crippen LogP contribution is 2.22. The molecule has 1 N–H and O–H groups in total. The summed E-state index contributed by atoms with van der Waals surface area (Å²) in [4.78, 5) is 0. The van der Waals surface area contributed by atoms with Crippen molar-refractivity contribution in [3.63, 3.8) is 0 Å². The van der Waals surface area contributed by atoms with E-state index < -0.39 is 6.10 Å². The zero-order valence-electron chi connectivity index (χ0n) is 10.3. The number of rotatable bonds is 4. The van der Waals surface area contributed by atoms with Crippen LogP contribution in [0, 0.1) is 5.92 Å². The molecule has 0 spiro atoms. The molecule has 2 nitrogen and oxygen atoms in total. The summed E-state index contributed by atoms with van der Waals surface area (Å²) in [7, 11) is 0. The largest absolute Gasteiger partial charge is 0.466 e. The smallest absolute Gasteiger partial charge is 0.137 e. The number of hydrogen-bond donors (Lipinski definition) is 1. The van der Waals surface area contributed by atoms with Crippen LogP contribution in [-0.2, 0) is 6.42 Å². The molecule has 0 saturated heterocycles. The molecular weight excluding hydrogens is 212 g/mol. The minimum absolute atomic E-state index is 0.585. The van der Waals surface area contributed by atoms with Crippen LogP contribution in [0.3, 0.4) is 0 Å². The van der Waals surface area contributed by atoms with Crippen LogP contribution in [0.5, 0.6) is 0 Å². The molecule has 0 saturated carbocycles. The summed E-state index contributed by atoms with van der Waals surface area (Å²) >= 11 is 0. The second-order valence-corrected chi connectivity index (χ2v) is 4.76. The zero-order valence-corrected chi connectivity index (χ0v) is 10.3. The average molecular weight is 230 g/mol. The molecule has 2 heteroatoms. The maximum Gasteiger partial charge on any atom is 0.137 e. The summed E-state index contributed by atoms with van der Waals surface area (Å²) in [6.45, 7) is 4.40. The highest BCUT2D eigenvalue weighted by atomic mass is 16.4. The third-order valence-corrected chi connectivity index (χ3v) is 2.75. The van der Waals surface area contributed by atoms with Crippen molar-refractivity contribution in [3.8, 4) is 0 Å². The molecule has 1 heterocycles. The average Bonchev–Trinajstić information content (AvgIpc) is 2.82. The van der Waals surface area contributed by atoms with Crippen LogP contribution in [0.4, 0.5) is 0 Å². The Morgan fingerprint density at radius 2 is 1.82 bits per heavy atom. The lowest BCUT2D eigenvalue weighted by atomic mass is 10.00. The Morgan fingerprint density at radius 3 is 2.35 bits per heavy atom. The second kappa shape index (κ2) is 5.19. The first kappa shape index (κ1) is 11.9. The van der Waals surface area contributed by atoms with Gasteiger partial charge in [0.15, 0.2) is 0 Å². The minimum Gasteiger partial charge on any atom is -0.466 e. The normalized spacial score (nSPS) is 12.9. The Kier molecular flexibility index (Phi) is 3.64. The van der Waals surface area contributed by atoms with Gasteiger partial charge in [0.05, 0.1) is 6.26 Å². The lowest BCUT2D eigenvalue weighted by molar-refractivity contribution is 0.189. The number of benzene rings is 1. The predicted molar refractivity (Wildman–Crippen MR) is 67.8 cm³/mol. The van der Waals surface area contributed by atoms with Crippen LogP contribution >= 0.6 is 0 Å². The van der Waals surface area contributed by atoms with Gasteiger partial charge in [0.2, 0.25) is 0 Å².